The molecule has 0 saturated heterocycles. The highest BCUT2D eigenvalue weighted by Gasteiger charge is 2.43. The maximum Gasteiger partial charge on any atom is 0.468 e. The molecule has 0 spiro atoms. The van der Waals surface area contributed by atoms with Gasteiger partial charge in [0.25, 0.3) is 0 Å². The Morgan fingerprint density at radius 3 is 1.75 bits per heavy atom. The van der Waals surface area contributed by atoms with E-state index in [-0.39, 0.29) is 5.94 Å². The minimum absolute atomic E-state index is 0.212. The molecule has 0 aromatic heterocycles. The van der Waals surface area contributed by atoms with Crippen LogP contribution in [0.1, 0.15) is 5.56 Å². The molecule has 0 saturated carbocycles. The van der Waals surface area contributed by atoms with Crippen molar-refractivity contribution in [2.45, 2.75) is 51.6 Å². The fourth-order valence-corrected chi connectivity index (χ4v) is 13.7. The van der Waals surface area contributed by atoms with Crippen molar-refractivity contribution in [1.29, 1.82) is 0 Å². The molecule has 2 N–H and O–H groups in total. The summed E-state index contributed by atoms with van der Waals surface area (Å²) in [5.41, 5.74) is 1.16. The molecule has 0 aliphatic heterocycles. The lowest BCUT2D eigenvalue weighted by atomic mass is 9.77. The third-order valence-electron chi connectivity index (χ3n) is 3.41. The van der Waals surface area contributed by atoms with Crippen LogP contribution in [0, 0.1) is 0 Å². The molecule has 0 radical (unpaired) electrons. The van der Waals surface area contributed by atoms with Crippen molar-refractivity contribution < 1.29 is 10.0 Å². The first kappa shape index (κ1) is 17.6. The molecule has 0 heterocycles. The zero-order chi connectivity index (χ0) is 15.6. The fraction of sp³-hybridized carbons (Fsp3) is 0.571. The SMILES string of the molecule is C[Si](C)(C)N([C@@H](Cc1ccccc1)B(O)O)[Si](C)(C)C. The van der Waals surface area contributed by atoms with E-state index in [2.05, 4.69) is 55.6 Å². The smallest absolute Gasteiger partial charge is 0.426 e. The molecule has 0 amide bonds. The molecule has 3 nitrogen and oxygen atoms in total. The van der Waals surface area contributed by atoms with E-state index in [1.54, 1.807) is 0 Å². The van der Waals surface area contributed by atoms with E-state index in [0.29, 0.717) is 6.42 Å². The van der Waals surface area contributed by atoms with Gasteiger partial charge < -0.3 is 14.3 Å². The van der Waals surface area contributed by atoms with Gasteiger partial charge in [-0.1, -0.05) is 69.6 Å². The van der Waals surface area contributed by atoms with Gasteiger partial charge in [-0.25, -0.2) is 0 Å². The minimum Gasteiger partial charge on any atom is -0.426 e. The zero-order valence-corrected chi connectivity index (χ0v) is 15.6. The van der Waals surface area contributed by atoms with Crippen LogP contribution in [0.3, 0.4) is 0 Å². The second-order valence-electron chi connectivity index (χ2n) is 7.38. The molecule has 6 heteroatoms. The molecule has 20 heavy (non-hydrogen) atoms. The number of rotatable bonds is 6. The van der Waals surface area contributed by atoms with Crippen LogP contribution < -0.4 is 0 Å². The lowest BCUT2D eigenvalue weighted by Crippen LogP contribution is -2.67. The summed E-state index contributed by atoms with van der Waals surface area (Å²) in [5, 5.41) is 19.9. The Labute approximate surface area is 126 Å². The highest BCUT2D eigenvalue weighted by atomic mass is 28.4. The predicted octanol–water partition coefficient (Wildman–Crippen LogP) is 2.58. The van der Waals surface area contributed by atoms with Gasteiger partial charge in [0, 0.05) is 5.94 Å². The summed E-state index contributed by atoms with van der Waals surface area (Å²) in [7, 11) is -4.55. The zero-order valence-electron chi connectivity index (χ0n) is 13.6. The molecule has 112 valence electrons. The van der Waals surface area contributed by atoms with E-state index in [1.165, 1.54) is 0 Å². The van der Waals surface area contributed by atoms with E-state index in [9.17, 15) is 10.0 Å². The van der Waals surface area contributed by atoms with Crippen LogP contribution in [0.15, 0.2) is 30.3 Å². The summed E-state index contributed by atoms with van der Waals surface area (Å²) in [6.07, 6.45) is 0.688. The summed E-state index contributed by atoms with van der Waals surface area (Å²) in [6.45, 7) is 13.7. The van der Waals surface area contributed by atoms with Crippen molar-refractivity contribution in [3.8, 4) is 0 Å². The van der Waals surface area contributed by atoms with Gasteiger partial charge in [-0.05, 0) is 12.0 Å². The molecule has 0 bridgehead atoms. The normalized spacial score (nSPS) is 14.4. The Kier molecular flexibility index (Phi) is 5.80. The summed E-state index contributed by atoms with van der Waals surface area (Å²) in [6, 6.07) is 10.1. The Hall–Kier alpha value is -0.401. The highest BCUT2D eigenvalue weighted by Crippen LogP contribution is 2.25. The largest absolute Gasteiger partial charge is 0.468 e. The van der Waals surface area contributed by atoms with E-state index in [1.807, 2.05) is 18.2 Å². The highest BCUT2D eigenvalue weighted by molar-refractivity contribution is 6.90. The van der Waals surface area contributed by atoms with E-state index in [4.69, 9.17) is 0 Å². The third-order valence-corrected chi connectivity index (χ3v) is 11.0. The quantitative estimate of drug-likeness (QED) is 0.794. The Morgan fingerprint density at radius 2 is 1.40 bits per heavy atom. The van der Waals surface area contributed by atoms with Crippen LogP contribution in [0.4, 0.5) is 0 Å². The average Bonchev–Trinajstić information content (AvgIpc) is 2.25. The molecule has 1 aromatic rings. The standard InChI is InChI=1S/C14H28BNO2Si2/c1-19(2,3)16(20(4,5)6)14(15(17)18)12-13-10-8-7-9-11-13/h7-11,14,17-18H,12H2,1-6H3/t14-/m0/s1. The molecular weight excluding hydrogens is 281 g/mol. The number of benzene rings is 1. The molecule has 0 aliphatic carbocycles. The third kappa shape index (κ3) is 4.86. The Bertz CT molecular complexity index is 401. The van der Waals surface area contributed by atoms with Crippen molar-refractivity contribution in [3.05, 3.63) is 35.9 Å². The van der Waals surface area contributed by atoms with Crippen LogP contribution in [-0.2, 0) is 6.42 Å². The van der Waals surface area contributed by atoms with Crippen LogP contribution in [0.5, 0.6) is 0 Å². The first-order valence-corrected chi connectivity index (χ1v) is 14.1. The number of nitrogens with zero attached hydrogens (tertiary/aromatic N) is 1. The van der Waals surface area contributed by atoms with Gasteiger partial charge in [0.05, 0.1) is 0 Å². The lowest BCUT2D eigenvalue weighted by molar-refractivity contribution is 0.348. The van der Waals surface area contributed by atoms with Crippen molar-refractivity contribution >= 4 is 23.6 Å². The van der Waals surface area contributed by atoms with Gasteiger partial charge in [-0.2, -0.15) is 0 Å². The monoisotopic (exact) mass is 309 g/mol. The number of hydrogen-bond acceptors (Lipinski definition) is 3. The molecule has 1 atom stereocenters. The van der Waals surface area contributed by atoms with E-state index < -0.39 is 23.6 Å². The summed E-state index contributed by atoms with van der Waals surface area (Å²) >= 11 is 0. The molecule has 0 aliphatic rings. The Balaban J connectivity index is 3.10. The van der Waals surface area contributed by atoms with Crippen LogP contribution >= 0.6 is 0 Å². The van der Waals surface area contributed by atoms with E-state index >= 15 is 0 Å². The van der Waals surface area contributed by atoms with Gasteiger partial charge in [-0.3, -0.25) is 0 Å². The van der Waals surface area contributed by atoms with Crippen LogP contribution in [-0.4, -0.2) is 43.8 Å². The maximum absolute atomic E-state index is 9.93. The number of hydrogen-bond donors (Lipinski definition) is 2. The first-order chi connectivity index (χ1) is 9.03. The first-order valence-electron chi connectivity index (χ1n) is 7.23. The van der Waals surface area contributed by atoms with Crippen molar-refractivity contribution in [2.24, 2.45) is 0 Å². The van der Waals surface area contributed by atoms with Crippen molar-refractivity contribution in [3.63, 3.8) is 0 Å². The minimum atomic E-state index is -1.63. The molecule has 1 rings (SSSR count). The van der Waals surface area contributed by atoms with E-state index in [0.717, 1.165) is 5.56 Å². The molecule has 0 unspecified atom stereocenters. The fourth-order valence-electron chi connectivity index (χ4n) is 3.19. The van der Waals surface area contributed by atoms with Crippen LogP contribution in [0.2, 0.25) is 39.3 Å². The summed E-state index contributed by atoms with van der Waals surface area (Å²) < 4.78 is 2.47. The average molecular weight is 309 g/mol. The maximum atomic E-state index is 9.93. The predicted molar refractivity (Wildman–Crippen MR) is 92.7 cm³/mol. The summed E-state index contributed by atoms with van der Waals surface area (Å²) in [5.74, 6) is -0.212. The van der Waals surface area contributed by atoms with Gasteiger partial charge in [0.1, 0.15) is 16.5 Å². The van der Waals surface area contributed by atoms with Gasteiger partial charge in [0.15, 0.2) is 0 Å². The van der Waals surface area contributed by atoms with Crippen molar-refractivity contribution in [2.75, 3.05) is 0 Å². The van der Waals surface area contributed by atoms with Gasteiger partial charge >= 0.3 is 7.12 Å². The van der Waals surface area contributed by atoms with Crippen molar-refractivity contribution in [1.82, 2.24) is 4.23 Å². The lowest BCUT2D eigenvalue weighted by Gasteiger charge is -2.48. The van der Waals surface area contributed by atoms with Gasteiger partial charge in [-0.15, -0.1) is 0 Å². The summed E-state index contributed by atoms with van der Waals surface area (Å²) in [4.78, 5) is 0. The second kappa shape index (κ2) is 6.58. The topological polar surface area (TPSA) is 43.7 Å². The van der Waals surface area contributed by atoms with Crippen LogP contribution in [0.25, 0.3) is 0 Å². The molecule has 1 aromatic carbocycles. The molecule has 0 fully saturated rings. The Morgan fingerprint density at radius 1 is 0.950 bits per heavy atom. The molecular formula is C14H28BNO2Si2. The van der Waals surface area contributed by atoms with Gasteiger partial charge in [0.2, 0.25) is 0 Å². The second-order valence-corrected chi connectivity index (χ2v) is 17.5.